The molecule has 2 aliphatic carbocycles. The molecule has 2 N–H and O–H groups in total. The molecule has 0 radical (unpaired) electrons. The molecular formula is C33H45N3O5. The topological polar surface area (TPSA) is 97.0 Å². The molecule has 41 heavy (non-hydrogen) atoms. The van der Waals surface area contributed by atoms with Gasteiger partial charge >= 0.3 is 0 Å². The average Bonchev–Trinajstić information content (AvgIpc) is 3.59. The summed E-state index contributed by atoms with van der Waals surface area (Å²) >= 11 is 0. The molecule has 4 fully saturated rings. The van der Waals surface area contributed by atoms with E-state index in [1.165, 1.54) is 12.8 Å². The number of anilines is 1. The second-order valence-electron chi connectivity index (χ2n) is 12.8. The molecule has 2 saturated heterocycles. The Morgan fingerprint density at radius 3 is 2.37 bits per heavy atom. The van der Waals surface area contributed by atoms with Crippen molar-refractivity contribution >= 4 is 23.4 Å². The van der Waals surface area contributed by atoms with Crippen molar-refractivity contribution < 1.29 is 23.9 Å². The largest absolute Gasteiger partial charge is 0.494 e. The van der Waals surface area contributed by atoms with Crippen LogP contribution in [-0.2, 0) is 19.1 Å². The van der Waals surface area contributed by atoms with Gasteiger partial charge in [-0.2, -0.15) is 0 Å². The Labute approximate surface area is 243 Å². The van der Waals surface area contributed by atoms with Crippen LogP contribution in [0.4, 0.5) is 5.69 Å². The molecule has 7 atom stereocenters. The molecule has 1 aromatic carbocycles. The van der Waals surface area contributed by atoms with Crippen LogP contribution in [0.25, 0.3) is 0 Å². The summed E-state index contributed by atoms with van der Waals surface area (Å²) in [5, 5.41) is 6.38. The lowest BCUT2D eigenvalue weighted by atomic mass is 9.74. The van der Waals surface area contributed by atoms with Gasteiger partial charge in [0.2, 0.25) is 17.7 Å². The number of nitrogens with one attached hydrogen (secondary N) is 2. The lowest BCUT2D eigenvalue weighted by Crippen LogP contribution is -2.59. The van der Waals surface area contributed by atoms with Crippen molar-refractivity contribution in [2.24, 2.45) is 17.8 Å². The van der Waals surface area contributed by atoms with Gasteiger partial charge in [-0.3, -0.25) is 14.4 Å². The van der Waals surface area contributed by atoms with Crippen molar-refractivity contribution in [1.82, 2.24) is 10.2 Å². The molecule has 3 heterocycles. The summed E-state index contributed by atoms with van der Waals surface area (Å²) < 4.78 is 12.1. The van der Waals surface area contributed by atoms with Crippen molar-refractivity contribution in [3.8, 4) is 5.75 Å². The number of hydrogen-bond donors (Lipinski definition) is 2. The third-order valence-corrected chi connectivity index (χ3v) is 10.2. The smallest absolute Gasteiger partial charge is 0.246 e. The Balaban J connectivity index is 1.29. The van der Waals surface area contributed by atoms with Gasteiger partial charge in [0.1, 0.15) is 17.4 Å². The predicted octanol–water partition coefficient (Wildman–Crippen LogP) is 4.98. The molecule has 6 rings (SSSR count). The first-order valence-corrected chi connectivity index (χ1v) is 16.0. The molecule has 0 unspecified atom stereocenters. The highest BCUT2D eigenvalue weighted by molar-refractivity contribution is 6.03. The fourth-order valence-electron chi connectivity index (χ4n) is 8.13. The highest BCUT2D eigenvalue weighted by Crippen LogP contribution is 2.56. The molecule has 3 amide bonds. The molecule has 5 aliphatic rings. The van der Waals surface area contributed by atoms with Crippen molar-refractivity contribution in [3.05, 3.63) is 36.4 Å². The predicted molar refractivity (Wildman–Crippen MR) is 156 cm³/mol. The number of benzene rings is 1. The van der Waals surface area contributed by atoms with Gasteiger partial charge in [-0.25, -0.2) is 0 Å². The SMILES string of the molecule is CCOc1ccc(NC(=O)[C@H]2[C@H]3C=C[C@@]4(O3)[C@H]2C(=O)N(C2CCCCCCC2)[C@@H]4C(=O)N[C@@H]2CCCC[C@H]2C)cc1. The van der Waals surface area contributed by atoms with E-state index >= 15 is 0 Å². The lowest BCUT2D eigenvalue weighted by molar-refractivity contribution is -0.144. The van der Waals surface area contributed by atoms with E-state index in [4.69, 9.17) is 9.47 Å². The summed E-state index contributed by atoms with van der Waals surface area (Å²) in [6.45, 7) is 4.70. The average molecular weight is 564 g/mol. The highest BCUT2D eigenvalue weighted by Gasteiger charge is 2.73. The van der Waals surface area contributed by atoms with Gasteiger partial charge in [0, 0.05) is 17.8 Å². The van der Waals surface area contributed by atoms with E-state index in [1.807, 2.05) is 36.1 Å². The monoisotopic (exact) mass is 563 g/mol. The zero-order chi connectivity index (χ0) is 28.6. The third kappa shape index (κ3) is 5.17. The molecule has 3 aliphatic heterocycles. The van der Waals surface area contributed by atoms with Crippen molar-refractivity contribution in [3.63, 3.8) is 0 Å². The minimum absolute atomic E-state index is 0.0202. The van der Waals surface area contributed by atoms with Crippen molar-refractivity contribution in [2.75, 3.05) is 11.9 Å². The fraction of sp³-hybridized carbons (Fsp3) is 0.667. The van der Waals surface area contributed by atoms with E-state index in [-0.39, 0.29) is 29.8 Å². The van der Waals surface area contributed by atoms with Gasteiger partial charge in [0.05, 0.1) is 24.5 Å². The van der Waals surface area contributed by atoms with Crippen LogP contribution in [0.2, 0.25) is 0 Å². The number of carbonyl (C=O) groups is 3. The van der Waals surface area contributed by atoms with E-state index in [0.717, 1.165) is 63.5 Å². The summed E-state index contributed by atoms with van der Waals surface area (Å²) in [5.41, 5.74) is -0.477. The second kappa shape index (κ2) is 11.8. The zero-order valence-corrected chi connectivity index (χ0v) is 24.5. The Kier molecular flexibility index (Phi) is 8.12. The Bertz CT molecular complexity index is 1160. The Morgan fingerprint density at radius 1 is 0.976 bits per heavy atom. The van der Waals surface area contributed by atoms with E-state index < -0.39 is 29.6 Å². The van der Waals surface area contributed by atoms with Gasteiger partial charge in [0.25, 0.3) is 0 Å². The molecule has 0 aromatic heterocycles. The molecule has 1 aromatic rings. The standard InChI is InChI=1S/C33H45N3O5/c1-3-40-24-17-15-22(16-18-24)34-30(37)27-26-19-20-33(41-26)28(27)32(39)36(23-12-7-5-4-6-8-13-23)29(33)31(38)35-25-14-10-9-11-21(25)2/h15-21,23,25-29H,3-14H2,1-2H3,(H,34,37)(H,35,38)/t21-,25-,26-,27+,28-,29-,33-/m1/s1. The minimum atomic E-state index is -1.12. The Hall–Kier alpha value is -2.87. The van der Waals surface area contributed by atoms with E-state index in [2.05, 4.69) is 17.6 Å². The first kappa shape index (κ1) is 28.3. The van der Waals surface area contributed by atoms with Gasteiger partial charge in [-0.05, 0) is 62.8 Å². The first-order chi connectivity index (χ1) is 19.9. The molecule has 222 valence electrons. The number of fused-ring (bicyclic) bond motifs is 1. The molecule has 2 bridgehead atoms. The van der Waals surface area contributed by atoms with Crippen molar-refractivity contribution in [2.45, 2.75) is 114 Å². The van der Waals surface area contributed by atoms with Gasteiger partial charge in [-0.1, -0.05) is 64.0 Å². The lowest BCUT2D eigenvalue weighted by Gasteiger charge is -2.39. The summed E-state index contributed by atoms with van der Waals surface area (Å²) in [6, 6.07) is 6.57. The van der Waals surface area contributed by atoms with Gasteiger partial charge in [0.15, 0.2) is 0 Å². The number of amides is 3. The summed E-state index contributed by atoms with van der Waals surface area (Å²) in [7, 11) is 0. The van der Waals surface area contributed by atoms with Gasteiger partial charge in [-0.15, -0.1) is 0 Å². The van der Waals surface area contributed by atoms with Crippen LogP contribution in [0, 0.1) is 17.8 Å². The quantitative estimate of drug-likeness (QED) is 0.456. The summed E-state index contributed by atoms with van der Waals surface area (Å²) in [6.07, 6.45) is 15.0. The summed E-state index contributed by atoms with van der Waals surface area (Å²) in [5.74, 6) is -0.754. The maximum absolute atomic E-state index is 14.5. The van der Waals surface area contributed by atoms with Crippen LogP contribution < -0.4 is 15.4 Å². The molecule has 8 heteroatoms. The van der Waals surface area contributed by atoms with Crippen LogP contribution in [0.1, 0.15) is 84.5 Å². The summed E-state index contributed by atoms with van der Waals surface area (Å²) in [4.78, 5) is 44.4. The number of nitrogens with zero attached hydrogens (tertiary/aromatic N) is 1. The highest BCUT2D eigenvalue weighted by atomic mass is 16.5. The second-order valence-corrected chi connectivity index (χ2v) is 12.8. The van der Waals surface area contributed by atoms with Crippen LogP contribution in [-0.4, -0.2) is 59.1 Å². The minimum Gasteiger partial charge on any atom is -0.494 e. The van der Waals surface area contributed by atoms with Crippen LogP contribution in [0.3, 0.4) is 0 Å². The van der Waals surface area contributed by atoms with E-state index in [0.29, 0.717) is 18.2 Å². The van der Waals surface area contributed by atoms with E-state index in [1.54, 1.807) is 12.1 Å². The van der Waals surface area contributed by atoms with Crippen LogP contribution in [0.15, 0.2) is 36.4 Å². The van der Waals surface area contributed by atoms with E-state index in [9.17, 15) is 14.4 Å². The van der Waals surface area contributed by atoms with Crippen LogP contribution >= 0.6 is 0 Å². The maximum Gasteiger partial charge on any atom is 0.246 e. The third-order valence-electron chi connectivity index (χ3n) is 10.2. The normalized spacial score (nSPS) is 35.1. The van der Waals surface area contributed by atoms with Crippen molar-refractivity contribution in [1.29, 1.82) is 0 Å². The maximum atomic E-state index is 14.5. The molecule has 8 nitrogen and oxygen atoms in total. The Morgan fingerprint density at radius 2 is 1.66 bits per heavy atom. The number of rotatable bonds is 7. The van der Waals surface area contributed by atoms with Crippen LogP contribution in [0.5, 0.6) is 5.75 Å². The zero-order valence-electron chi connectivity index (χ0n) is 24.5. The first-order valence-electron chi connectivity index (χ1n) is 16.0. The molecular weight excluding hydrogens is 518 g/mol. The number of carbonyl (C=O) groups excluding carboxylic acids is 3. The molecule has 2 saturated carbocycles. The van der Waals surface area contributed by atoms with Gasteiger partial charge < -0.3 is 25.0 Å². The number of ether oxygens (including phenoxy) is 2. The fourth-order valence-corrected chi connectivity index (χ4v) is 8.13. The number of likely N-dealkylation sites (tertiary alicyclic amines) is 1. The molecule has 1 spiro atoms. The number of hydrogen-bond acceptors (Lipinski definition) is 5.